The minimum atomic E-state index is -1.02. The highest BCUT2D eigenvalue weighted by molar-refractivity contribution is 6.21. The summed E-state index contributed by atoms with van der Waals surface area (Å²) >= 11 is 6.15. The molecule has 1 aromatic carbocycles. The fourth-order valence-electron chi connectivity index (χ4n) is 2.38. The second-order valence-electron chi connectivity index (χ2n) is 4.78. The Hall–Kier alpha value is -0.860. The van der Waals surface area contributed by atoms with Crippen LogP contribution in [-0.4, -0.2) is 21.9 Å². The van der Waals surface area contributed by atoms with Gasteiger partial charge >= 0.3 is 0 Å². The molecule has 0 heterocycles. The van der Waals surface area contributed by atoms with Gasteiger partial charge in [-0.3, -0.25) is 4.79 Å². The van der Waals surface area contributed by atoms with Crippen molar-refractivity contribution in [2.75, 3.05) is 0 Å². The number of Topliss-reactive ketones (excluding diaryl/α,β-unsaturated/α-hetero) is 1. The van der Waals surface area contributed by atoms with Crippen LogP contribution in [0.2, 0.25) is 0 Å². The largest absolute Gasteiger partial charge is 0.388 e. The summed E-state index contributed by atoms with van der Waals surface area (Å²) in [5, 5.41) is 10.1. The van der Waals surface area contributed by atoms with Crippen LogP contribution < -0.4 is 0 Å². The van der Waals surface area contributed by atoms with Gasteiger partial charge in [0.1, 0.15) is 0 Å². The van der Waals surface area contributed by atoms with Crippen molar-refractivity contribution in [1.82, 2.24) is 0 Å². The van der Waals surface area contributed by atoms with Crippen LogP contribution in [0.5, 0.6) is 0 Å². The summed E-state index contributed by atoms with van der Waals surface area (Å²) in [5.41, 5.74) is -0.373. The molecule has 2 atom stereocenters. The normalized spacial score (nSPS) is 28.9. The summed E-state index contributed by atoms with van der Waals surface area (Å²) in [6.45, 7) is 0. The van der Waals surface area contributed by atoms with Crippen LogP contribution in [-0.2, 0) is 0 Å². The lowest BCUT2D eigenvalue weighted by Crippen LogP contribution is -2.43. The number of carbonyl (C=O) groups excluding carboxylic acids is 1. The van der Waals surface area contributed by atoms with Gasteiger partial charge in [-0.1, -0.05) is 43.2 Å². The van der Waals surface area contributed by atoms with E-state index in [1.165, 1.54) is 0 Å². The van der Waals surface area contributed by atoms with Crippen LogP contribution in [0, 0.1) is 0 Å². The highest BCUT2D eigenvalue weighted by Gasteiger charge is 2.39. The molecular formula is C14H17ClO2. The second kappa shape index (κ2) is 5.19. The molecule has 0 spiro atoms. The monoisotopic (exact) mass is 252 g/mol. The van der Waals surface area contributed by atoms with E-state index in [1.54, 1.807) is 12.1 Å². The van der Waals surface area contributed by atoms with Crippen molar-refractivity contribution in [1.29, 1.82) is 0 Å². The molecule has 3 heteroatoms. The zero-order valence-corrected chi connectivity index (χ0v) is 10.5. The molecule has 17 heavy (non-hydrogen) atoms. The predicted molar refractivity (Wildman–Crippen MR) is 68.4 cm³/mol. The number of benzene rings is 1. The molecule has 0 aliphatic heterocycles. The van der Waals surface area contributed by atoms with Crippen molar-refractivity contribution in [3.05, 3.63) is 35.9 Å². The number of hydrogen-bond donors (Lipinski definition) is 1. The molecule has 1 aliphatic carbocycles. The smallest absolute Gasteiger partial charge is 0.165 e. The molecule has 0 saturated heterocycles. The van der Waals surface area contributed by atoms with E-state index in [9.17, 15) is 9.90 Å². The van der Waals surface area contributed by atoms with Crippen molar-refractivity contribution in [3.8, 4) is 0 Å². The van der Waals surface area contributed by atoms with E-state index in [2.05, 4.69) is 0 Å². The van der Waals surface area contributed by atoms with E-state index in [4.69, 9.17) is 11.6 Å². The minimum absolute atomic E-state index is 0.0272. The van der Waals surface area contributed by atoms with E-state index in [-0.39, 0.29) is 17.6 Å². The average Bonchev–Trinajstić information content (AvgIpc) is 2.34. The first-order valence-corrected chi connectivity index (χ1v) is 6.50. The summed E-state index contributed by atoms with van der Waals surface area (Å²) in [4.78, 5) is 12.0. The van der Waals surface area contributed by atoms with Crippen molar-refractivity contribution in [2.24, 2.45) is 0 Å². The molecule has 0 aromatic heterocycles. The molecule has 0 bridgehead atoms. The number of halogens is 1. The molecule has 1 fully saturated rings. The lowest BCUT2D eigenvalue weighted by molar-refractivity contribution is 0.00412. The van der Waals surface area contributed by atoms with E-state index in [1.807, 2.05) is 18.2 Å². The van der Waals surface area contributed by atoms with Crippen LogP contribution in [0.4, 0.5) is 0 Å². The maximum absolute atomic E-state index is 12.0. The van der Waals surface area contributed by atoms with Crippen molar-refractivity contribution < 1.29 is 9.90 Å². The first-order chi connectivity index (χ1) is 8.12. The lowest BCUT2D eigenvalue weighted by atomic mass is 9.80. The zero-order chi connectivity index (χ0) is 12.3. The van der Waals surface area contributed by atoms with E-state index in [0.29, 0.717) is 12.0 Å². The SMILES string of the molecule is O=C(C[C@@]1(O)CCCC[C@H]1Cl)c1ccccc1. The summed E-state index contributed by atoms with van der Waals surface area (Å²) < 4.78 is 0. The summed E-state index contributed by atoms with van der Waals surface area (Å²) in [6.07, 6.45) is 3.53. The number of rotatable bonds is 3. The van der Waals surface area contributed by atoms with Gasteiger partial charge in [0.25, 0.3) is 0 Å². The minimum Gasteiger partial charge on any atom is -0.388 e. The molecule has 2 rings (SSSR count). The Bertz CT molecular complexity index is 390. The molecule has 1 saturated carbocycles. The van der Waals surface area contributed by atoms with Crippen molar-refractivity contribution in [3.63, 3.8) is 0 Å². The molecular weight excluding hydrogens is 236 g/mol. The van der Waals surface area contributed by atoms with Gasteiger partial charge in [0, 0.05) is 12.0 Å². The highest BCUT2D eigenvalue weighted by atomic mass is 35.5. The maximum atomic E-state index is 12.0. The fraction of sp³-hybridized carbons (Fsp3) is 0.500. The van der Waals surface area contributed by atoms with Crippen LogP contribution in [0.15, 0.2) is 30.3 Å². The van der Waals surface area contributed by atoms with Gasteiger partial charge in [-0.2, -0.15) is 0 Å². The lowest BCUT2D eigenvalue weighted by Gasteiger charge is -2.36. The number of ketones is 1. The maximum Gasteiger partial charge on any atom is 0.165 e. The third kappa shape index (κ3) is 2.88. The van der Waals surface area contributed by atoms with Crippen molar-refractivity contribution >= 4 is 17.4 Å². The van der Waals surface area contributed by atoms with Gasteiger partial charge in [0.2, 0.25) is 0 Å². The second-order valence-corrected chi connectivity index (χ2v) is 5.31. The molecule has 92 valence electrons. The Balaban J connectivity index is 2.07. The van der Waals surface area contributed by atoms with Crippen LogP contribution in [0.1, 0.15) is 42.5 Å². The molecule has 0 unspecified atom stereocenters. The first-order valence-electron chi connectivity index (χ1n) is 6.06. The van der Waals surface area contributed by atoms with E-state index >= 15 is 0 Å². The van der Waals surface area contributed by atoms with E-state index < -0.39 is 5.60 Å². The standard InChI is InChI=1S/C14H17ClO2/c15-13-8-4-5-9-14(13,17)10-12(16)11-6-2-1-3-7-11/h1-3,6-7,13,17H,4-5,8-10H2/t13-,14+/m1/s1. The summed E-state index contributed by atoms with van der Waals surface area (Å²) in [6, 6.07) is 9.08. The summed E-state index contributed by atoms with van der Waals surface area (Å²) in [7, 11) is 0. The Kier molecular flexibility index (Phi) is 3.85. The van der Waals surface area contributed by atoms with Gasteiger partial charge in [-0.05, 0) is 12.8 Å². The van der Waals surface area contributed by atoms with Crippen LogP contribution >= 0.6 is 11.6 Å². The Morgan fingerprint density at radius 2 is 2.06 bits per heavy atom. The van der Waals surface area contributed by atoms with Crippen molar-refractivity contribution in [2.45, 2.75) is 43.1 Å². The van der Waals surface area contributed by atoms with E-state index in [0.717, 1.165) is 19.3 Å². The molecule has 2 nitrogen and oxygen atoms in total. The molecule has 1 aromatic rings. The molecule has 1 aliphatic rings. The number of hydrogen-bond acceptors (Lipinski definition) is 2. The average molecular weight is 253 g/mol. The third-order valence-corrected chi connectivity index (χ3v) is 4.09. The zero-order valence-electron chi connectivity index (χ0n) is 9.73. The third-order valence-electron chi connectivity index (χ3n) is 3.46. The van der Waals surface area contributed by atoms with Gasteiger partial charge in [0.15, 0.2) is 5.78 Å². The first kappa shape index (κ1) is 12.6. The van der Waals surface area contributed by atoms with Gasteiger partial charge in [-0.25, -0.2) is 0 Å². The molecule has 0 radical (unpaired) electrons. The van der Waals surface area contributed by atoms with Gasteiger partial charge < -0.3 is 5.11 Å². The Labute approximate surface area is 107 Å². The predicted octanol–water partition coefficient (Wildman–Crippen LogP) is 3.17. The number of carbonyl (C=O) groups is 1. The Morgan fingerprint density at radius 3 is 2.71 bits per heavy atom. The highest BCUT2D eigenvalue weighted by Crippen LogP contribution is 2.35. The number of aliphatic hydroxyl groups is 1. The number of alkyl halides is 1. The fourth-order valence-corrected chi connectivity index (χ4v) is 2.72. The Morgan fingerprint density at radius 1 is 1.35 bits per heavy atom. The molecule has 0 amide bonds. The summed E-state index contributed by atoms with van der Waals surface area (Å²) in [5.74, 6) is -0.0272. The quantitative estimate of drug-likeness (QED) is 0.663. The van der Waals surface area contributed by atoms with Crippen LogP contribution in [0.3, 0.4) is 0 Å². The molecule has 1 N–H and O–H groups in total. The topological polar surface area (TPSA) is 37.3 Å². The van der Waals surface area contributed by atoms with Gasteiger partial charge in [0.05, 0.1) is 11.0 Å². The van der Waals surface area contributed by atoms with Gasteiger partial charge in [-0.15, -0.1) is 11.6 Å². The van der Waals surface area contributed by atoms with Crippen LogP contribution in [0.25, 0.3) is 0 Å².